The summed E-state index contributed by atoms with van der Waals surface area (Å²) in [7, 11) is 1.59. The number of hydrogen-bond donors (Lipinski definition) is 1. The van der Waals surface area contributed by atoms with Crippen molar-refractivity contribution >= 4 is 17.5 Å². The molecule has 3 rings (SSSR count). The Balaban J connectivity index is 1.61. The van der Waals surface area contributed by atoms with E-state index >= 15 is 0 Å². The molecule has 1 N–H and O–H groups in total. The average molecular weight is 336 g/mol. The molecule has 0 fully saturated rings. The first-order valence-corrected chi connectivity index (χ1v) is 7.57. The molecular weight excluding hydrogens is 320 g/mol. The molecule has 0 radical (unpaired) electrons. The van der Waals surface area contributed by atoms with Gasteiger partial charge >= 0.3 is 0 Å². The van der Waals surface area contributed by atoms with Crippen LogP contribution in [-0.2, 0) is 4.79 Å². The van der Waals surface area contributed by atoms with Crippen LogP contribution in [0.2, 0.25) is 0 Å². The number of carbonyl (C=O) groups excluding carboxylic acids is 2. The zero-order valence-corrected chi connectivity index (χ0v) is 13.5. The molecule has 0 aliphatic carbocycles. The molecule has 0 aliphatic rings. The van der Waals surface area contributed by atoms with E-state index in [1.165, 1.54) is 15.9 Å². The first-order chi connectivity index (χ1) is 12.1. The van der Waals surface area contributed by atoms with Crippen LogP contribution in [0.4, 0.5) is 5.69 Å². The molecule has 0 atom stereocenters. The van der Waals surface area contributed by atoms with Crippen LogP contribution in [0.3, 0.4) is 0 Å². The number of rotatable bonds is 5. The Morgan fingerprint density at radius 3 is 2.44 bits per heavy atom. The lowest BCUT2D eigenvalue weighted by Gasteiger charge is -2.17. The molecule has 0 bridgehead atoms. The molecule has 2 aromatic carbocycles. The van der Waals surface area contributed by atoms with Gasteiger partial charge in [-0.3, -0.25) is 9.59 Å². The summed E-state index contributed by atoms with van der Waals surface area (Å²) in [4.78, 5) is 25.8. The lowest BCUT2D eigenvalue weighted by atomic mass is 10.2. The summed E-state index contributed by atoms with van der Waals surface area (Å²) in [5.74, 6) is -0.501. The summed E-state index contributed by atoms with van der Waals surface area (Å²) in [5.41, 5.74) is 1.91. The van der Waals surface area contributed by atoms with Crippen molar-refractivity contribution < 1.29 is 9.59 Å². The topological polar surface area (TPSA) is 93.0 Å². The van der Waals surface area contributed by atoms with Gasteiger partial charge in [-0.1, -0.05) is 18.2 Å². The second-order valence-electron chi connectivity index (χ2n) is 5.38. The molecule has 0 aliphatic heterocycles. The van der Waals surface area contributed by atoms with Crippen molar-refractivity contribution in [2.75, 3.05) is 18.9 Å². The Morgan fingerprint density at radius 1 is 1.08 bits per heavy atom. The third-order valence-corrected chi connectivity index (χ3v) is 3.51. The number of para-hydroxylation sites is 1. The van der Waals surface area contributed by atoms with Crippen molar-refractivity contribution in [3.63, 3.8) is 0 Å². The normalized spacial score (nSPS) is 10.3. The van der Waals surface area contributed by atoms with Gasteiger partial charge in [0.15, 0.2) is 0 Å². The van der Waals surface area contributed by atoms with Crippen molar-refractivity contribution in [2.45, 2.75) is 0 Å². The molecular formula is C17H16N6O2. The molecule has 25 heavy (non-hydrogen) atoms. The summed E-state index contributed by atoms with van der Waals surface area (Å²) in [6, 6.07) is 15.9. The standard InChI is InChI=1S/C17H16N6O2/c1-22(11-16(24)19-14-5-3-2-4-6-14)17(25)13-7-9-15(10-8-13)23-12-18-20-21-23/h2-10,12H,11H2,1H3,(H,19,24). The Labute approximate surface area is 144 Å². The Hall–Kier alpha value is -3.55. The Bertz CT molecular complexity index is 847. The fourth-order valence-electron chi connectivity index (χ4n) is 2.27. The molecule has 1 aromatic heterocycles. The number of likely N-dealkylation sites (N-methyl/N-ethyl adjacent to an activating group) is 1. The van der Waals surface area contributed by atoms with Crippen LogP contribution >= 0.6 is 0 Å². The first-order valence-electron chi connectivity index (χ1n) is 7.57. The smallest absolute Gasteiger partial charge is 0.254 e. The predicted molar refractivity (Wildman–Crippen MR) is 91.2 cm³/mol. The van der Waals surface area contributed by atoms with E-state index in [0.717, 1.165) is 5.69 Å². The molecule has 1 heterocycles. The highest BCUT2D eigenvalue weighted by Crippen LogP contribution is 2.10. The lowest BCUT2D eigenvalue weighted by molar-refractivity contribution is -0.116. The van der Waals surface area contributed by atoms with E-state index in [2.05, 4.69) is 20.8 Å². The van der Waals surface area contributed by atoms with E-state index in [0.29, 0.717) is 11.3 Å². The molecule has 3 aromatic rings. The van der Waals surface area contributed by atoms with Gasteiger partial charge in [0, 0.05) is 18.3 Å². The van der Waals surface area contributed by atoms with Gasteiger partial charge in [0.05, 0.1) is 12.2 Å². The summed E-state index contributed by atoms with van der Waals surface area (Å²) in [6.45, 7) is -0.0392. The molecule has 0 unspecified atom stereocenters. The van der Waals surface area contributed by atoms with Gasteiger partial charge in [0.1, 0.15) is 6.33 Å². The van der Waals surface area contributed by atoms with Gasteiger partial charge in [0.2, 0.25) is 5.91 Å². The molecule has 2 amide bonds. The molecule has 8 nitrogen and oxygen atoms in total. The minimum absolute atomic E-state index is 0.0392. The molecule has 0 saturated carbocycles. The highest BCUT2D eigenvalue weighted by atomic mass is 16.2. The van der Waals surface area contributed by atoms with E-state index in [4.69, 9.17) is 0 Å². The quantitative estimate of drug-likeness (QED) is 0.760. The monoisotopic (exact) mass is 336 g/mol. The van der Waals surface area contributed by atoms with Crippen molar-refractivity contribution in [2.24, 2.45) is 0 Å². The van der Waals surface area contributed by atoms with E-state index < -0.39 is 0 Å². The van der Waals surface area contributed by atoms with E-state index in [9.17, 15) is 9.59 Å². The molecule has 126 valence electrons. The van der Waals surface area contributed by atoms with Crippen molar-refractivity contribution in [3.8, 4) is 5.69 Å². The summed E-state index contributed by atoms with van der Waals surface area (Å²) < 4.78 is 1.49. The van der Waals surface area contributed by atoms with Gasteiger partial charge in [-0.05, 0) is 46.8 Å². The second kappa shape index (κ2) is 7.35. The van der Waals surface area contributed by atoms with Crippen LogP contribution in [0.5, 0.6) is 0 Å². The number of amides is 2. The van der Waals surface area contributed by atoms with Crippen molar-refractivity contribution in [1.82, 2.24) is 25.1 Å². The maximum Gasteiger partial charge on any atom is 0.254 e. The number of nitrogens with zero attached hydrogens (tertiary/aromatic N) is 5. The third-order valence-electron chi connectivity index (χ3n) is 3.51. The zero-order chi connectivity index (χ0) is 17.6. The van der Waals surface area contributed by atoms with Gasteiger partial charge in [-0.25, -0.2) is 4.68 Å². The number of benzene rings is 2. The number of nitrogens with one attached hydrogen (secondary N) is 1. The van der Waals surface area contributed by atoms with Gasteiger partial charge in [-0.2, -0.15) is 0 Å². The minimum atomic E-state index is -0.257. The highest BCUT2D eigenvalue weighted by molar-refractivity contribution is 5.99. The fourth-order valence-corrected chi connectivity index (χ4v) is 2.27. The molecule has 0 saturated heterocycles. The largest absolute Gasteiger partial charge is 0.332 e. The average Bonchev–Trinajstić information content (AvgIpc) is 3.16. The SMILES string of the molecule is CN(CC(=O)Nc1ccccc1)C(=O)c1ccc(-n2cnnn2)cc1. The van der Waals surface area contributed by atoms with E-state index in [1.807, 2.05) is 18.2 Å². The van der Waals surface area contributed by atoms with E-state index in [1.54, 1.807) is 43.4 Å². The highest BCUT2D eigenvalue weighted by Gasteiger charge is 2.15. The number of aromatic nitrogens is 4. The summed E-state index contributed by atoms with van der Waals surface area (Å²) in [6.07, 6.45) is 1.47. The summed E-state index contributed by atoms with van der Waals surface area (Å²) >= 11 is 0. The van der Waals surface area contributed by atoms with Gasteiger partial charge < -0.3 is 10.2 Å². The Kier molecular flexibility index (Phi) is 4.79. The predicted octanol–water partition coefficient (Wildman–Crippen LogP) is 1.37. The van der Waals surface area contributed by atoms with Crippen LogP contribution in [0, 0.1) is 0 Å². The second-order valence-corrected chi connectivity index (χ2v) is 5.38. The van der Waals surface area contributed by atoms with Crippen LogP contribution in [-0.4, -0.2) is 50.5 Å². The Morgan fingerprint density at radius 2 is 1.80 bits per heavy atom. The van der Waals surface area contributed by atoms with Crippen molar-refractivity contribution in [1.29, 1.82) is 0 Å². The maximum atomic E-state index is 12.4. The third kappa shape index (κ3) is 4.05. The minimum Gasteiger partial charge on any atom is -0.332 e. The van der Waals surface area contributed by atoms with E-state index in [-0.39, 0.29) is 18.4 Å². The maximum absolute atomic E-state index is 12.4. The molecule has 0 spiro atoms. The van der Waals surface area contributed by atoms with Gasteiger partial charge in [-0.15, -0.1) is 5.10 Å². The fraction of sp³-hybridized carbons (Fsp3) is 0.118. The number of anilines is 1. The lowest BCUT2D eigenvalue weighted by Crippen LogP contribution is -2.34. The van der Waals surface area contributed by atoms with Crippen LogP contribution in [0.1, 0.15) is 10.4 Å². The van der Waals surface area contributed by atoms with Crippen LogP contribution in [0.15, 0.2) is 60.9 Å². The van der Waals surface area contributed by atoms with Crippen LogP contribution < -0.4 is 5.32 Å². The van der Waals surface area contributed by atoms with Gasteiger partial charge in [0.25, 0.3) is 5.91 Å². The van der Waals surface area contributed by atoms with Crippen molar-refractivity contribution in [3.05, 3.63) is 66.5 Å². The number of carbonyl (C=O) groups is 2. The molecule has 8 heteroatoms. The zero-order valence-electron chi connectivity index (χ0n) is 13.5. The number of hydrogen-bond acceptors (Lipinski definition) is 5. The van der Waals surface area contributed by atoms with Crippen LogP contribution in [0.25, 0.3) is 5.69 Å². The first kappa shape index (κ1) is 16.3. The summed E-state index contributed by atoms with van der Waals surface area (Å²) in [5, 5.41) is 13.7. The number of tetrazole rings is 1.